The lowest BCUT2D eigenvalue weighted by molar-refractivity contribution is -0.145. The molecule has 2 atom stereocenters. The zero-order valence-corrected chi connectivity index (χ0v) is 23.8. The topological polar surface area (TPSA) is 66.2 Å². The van der Waals surface area contributed by atoms with Gasteiger partial charge in [0.15, 0.2) is 0 Å². The van der Waals surface area contributed by atoms with Crippen LogP contribution in [0.15, 0.2) is 83.3 Å². The number of imidazole rings is 1. The van der Waals surface area contributed by atoms with Gasteiger partial charge in [-0.2, -0.15) is 0 Å². The molecule has 0 spiro atoms. The first-order valence-electron chi connectivity index (χ1n) is 13.2. The van der Waals surface area contributed by atoms with Gasteiger partial charge < -0.3 is 14.0 Å². The summed E-state index contributed by atoms with van der Waals surface area (Å²) in [6.45, 7) is 7.47. The van der Waals surface area contributed by atoms with Crippen molar-refractivity contribution in [2.45, 2.75) is 39.8 Å². The summed E-state index contributed by atoms with van der Waals surface area (Å²) in [4.78, 5) is 22.6. The monoisotopic (exact) mass is 583 g/mol. The number of fused-ring (bicyclic) bond motifs is 2. The molecule has 0 radical (unpaired) electrons. The van der Waals surface area contributed by atoms with Crippen LogP contribution in [0.4, 0.5) is 0 Å². The smallest absolute Gasteiger partial charge is 0.310 e. The molecule has 2 unspecified atom stereocenters. The van der Waals surface area contributed by atoms with Gasteiger partial charge in [-0.15, -0.1) is 0 Å². The molecule has 0 amide bonds. The van der Waals surface area contributed by atoms with Crippen LogP contribution in [0.25, 0.3) is 21.9 Å². The lowest BCUT2D eigenvalue weighted by Gasteiger charge is -2.11. The Kier molecular flexibility index (Phi) is 6.63. The summed E-state index contributed by atoms with van der Waals surface area (Å²) in [6.07, 6.45) is 0. The summed E-state index contributed by atoms with van der Waals surface area (Å²) in [7, 11) is 0. The van der Waals surface area contributed by atoms with Crippen LogP contribution in [0.2, 0.25) is 0 Å². The summed E-state index contributed by atoms with van der Waals surface area (Å²) in [5.74, 6) is 1.24. The number of ether oxygens (including phenoxy) is 2. The Balaban J connectivity index is 1.33. The van der Waals surface area contributed by atoms with Gasteiger partial charge in [0, 0.05) is 28.4 Å². The van der Waals surface area contributed by atoms with Crippen LogP contribution >= 0.6 is 15.9 Å². The van der Waals surface area contributed by atoms with E-state index < -0.39 is 0 Å². The summed E-state index contributed by atoms with van der Waals surface area (Å²) >= 11 is 3.59. The van der Waals surface area contributed by atoms with Crippen LogP contribution in [0.1, 0.15) is 43.8 Å². The molecule has 1 fully saturated rings. The number of hydrogen-bond acceptors (Lipinski definition) is 5. The minimum Gasteiger partial charge on any atom is -0.487 e. The van der Waals surface area contributed by atoms with Crippen LogP contribution in [-0.4, -0.2) is 27.1 Å². The molecule has 5 aromatic rings. The highest BCUT2D eigenvalue weighted by Gasteiger charge is 2.65. The molecule has 0 N–H and O–H groups in total. The normalized spacial score (nSPS) is 17.8. The Hall–Kier alpha value is -3.71. The van der Waals surface area contributed by atoms with E-state index in [4.69, 9.17) is 19.4 Å². The van der Waals surface area contributed by atoms with Crippen LogP contribution in [0.3, 0.4) is 0 Å². The highest BCUT2D eigenvalue weighted by atomic mass is 79.9. The first-order valence-corrected chi connectivity index (χ1v) is 14.0. The molecule has 1 aliphatic rings. The molecule has 198 valence electrons. The maximum absolute atomic E-state index is 12.8. The molecular formula is C32H30BrN3O3. The minimum atomic E-state index is -0.232. The van der Waals surface area contributed by atoms with Crippen molar-refractivity contribution >= 4 is 43.8 Å². The lowest BCUT2D eigenvalue weighted by Crippen LogP contribution is -2.11. The van der Waals surface area contributed by atoms with Crippen molar-refractivity contribution in [3.63, 3.8) is 0 Å². The van der Waals surface area contributed by atoms with E-state index in [0.29, 0.717) is 19.8 Å². The molecule has 2 heterocycles. The summed E-state index contributed by atoms with van der Waals surface area (Å²) in [6, 6.07) is 26.4. The molecular weight excluding hydrogens is 554 g/mol. The number of carbonyl (C=O) groups is 1. The van der Waals surface area contributed by atoms with Crippen molar-refractivity contribution in [3.8, 4) is 5.75 Å². The largest absolute Gasteiger partial charge is 0.487 e. The van der Waals surface area contributed by atoms with Crippen molar-refractivity contribution in [3.05, 3.63) is 100 Å². The molecule has 0 saturated heterocycles. The van der Waals surface area contributed by atoms with E-state index in [9.17, 15) is 4.79 Å². The number of rotatable bonds is 8. The molecule has 1 saturated carbocycles. The molecule has 39 heavy (non-hydrogen) atoms. The second-order valence-corrected chi connectivity index (χ2v) is 11.6. The van der Waals surface area contributed by atoms with Crippen molar-refractivity contribution in [2.24, 2.45) is 11.3 Å². The van der Waals surface area contributed by atoms with Crippen molar-refractivity contribution in [2.75, 3.05) is 6.61 Å². The third-order valence-electron chi connectivity index (χ3n) is 7.67. The van der Waals surface area contributed by atoms with Crippen molar-refractivity contribution < 1.29 is 14.3 Å². The highest BCUT2D eigenvalue weighted by Crippen LogP contribution is 2.64. The Morgan fingerprint density at radius 2 is 1.82 bits per heavy atom. The second kappa shape index (κ2) is 10.1. The molecule has 7 heteroatoms. The van der Waals surface area contributed by atoms with E-state index in [-0.39, 0.29) is 23.2 Å². The SMILES string of the molecule is CCOC(=O)C1C(c2nc3cc(OCc4ccc5ccccc5n4)ccc3n2Cc2cccc(Br)c2)C1(C)C. The standard InChI is InChI=1S/C32H30BrN3O3/c1-4-38-31(37)29-28(32(29,2)3)30-35-26-17-24(39-19-23-13-12-21-9-5-6-11-25(21)34-23)14-15-27(26)36(30)18-20-8-7-10-22(33)16-20/h5-17,28-29H,4,18-19H2,1-3H3. The van der Waals surface area contributed by atoms with Gasteiger partial charge in [0.2, 0.25) is 0 Å². The molecule has 0 aliphatic heterocycles. The van der Waals surface area contributed by atoms with Gasteiger partial charge in [0.1, 0.15) is 18.2 Å². The van der Waals surface area contributed by atoms with Gasteiger partial charge in [0.05, 0.1) is 34.8 Å². The van der Waals surface area contributed by atoms with Crippen LogP contribution < -0.4 is 4.74 Å². The van der Waals surface area contributed by atoms with E-state index in [1.165, 1.54) is 0 Å². The zero-order valence-electron chi connectivity index (χ0n) is 22.2. The van der Waals surface area contributed by atoms with Crippen molar-refractivity contribution in [1.29, 1.82) is 0 Å². The van der Waals surface area contributed by atoms with Gasteiger partial charge in [-0.05, 0) is 54.3 Å². The Morgan fingerprint density at radius 1 is 0.974 bits per heavy atom. The third kappa shape index (κ3) is 4.91. The van der Waals surface area contributed by atoms with Crippen molar-refractivity contribution in [1.82, 2.24) is 14.5 Å². The highest BCUT2D eigenvalue weighted by molar-refractivity contribution is 9.10. The fourth-order valence-corrected chi connectivity index (χ4v) is 6.02. The average molecular weight is 585 g/mol. The first-order chi connectivity index (χ1) is 18.8. The number of carbonyl (C=O) groups excluding carboxylic acids is 1. The van der Waals surface area contributed by atoms with Gasteiger partial charge in [-0.1, -0.05) is 66.2 Å². The van der Waals surface area contributed by atoms with Gasteiger partial charge in [-0.3, -0.25) is 4.79 Å². The number of hydrogen-bond donors (Lipinski definition) is 0. The summed E-state index contributed by atoms with van der Waals surface area (Å²) in [5.41, 5.74) is 4.59. The Labute approximate surface area is 236 Å². The van der Waals surface area contributed by atoms with Crippen LogP contribution in [-0.2, 0) is 22.7 Å². The van der Waals surface area contributed by atoms with E-state index in [1.807, 2.05) is 55.5 Å². The van der Waals surface area contributed by atoms with E-state index >= 15 is 0 Å². The molecule has 3 aromatic carbocycles. The molecule has 1 aliphatic carbocycles. The fourth-order valence-electron chi connectivity index (χ4n) is 5.58. The Morgan fingerprint density at radius 3 is 2.64 bits per heavy atom. The molecule has 2 aromatic heterocycles. The number of para-hydroxylation sites is 1. The van der Waals surface area contributed by atoms with E-state index in [1.54, 1.807) is 0 Å². The number of aromatic nitrogens is 3. The van der Waals surface area contributed by atoms with Gasteiger partial charge >= 0.3 is 5.97 Å². The Bertz CT molecular complexity index is 1690. The maximum atomic E-state index is 12.8. The zero-order chi connectivity index (χ0) is 27.1. The van der Waals surface area contributed by atoms with Crippen LogP contribution in [0.5, 0.6) is 5.75 Å². The number of benzene rings is 3. The first kappa shape index (κ1) is 25.6. The predicted molar refractivity (Wildman–Crippen MR) is 156 cm³/mol. The number of pyridine rings is 1. The second-order valence-electron chi connectivity index (χ2n) is 10.6. The quantitative estimate of drug-likeness (QED) is 0.180. The number of halogens is 1. The van der Waals surface area contributed by atoms with Gasteiger partial charge in [-0.25, -0.2) is 9.97 Å². The summed E-state index contributed by atoms with van der Waals surface area (Å²) < 4.78 is 14.8. The molecule has 0 bridgehead atoms. The fraction of sp³-hybridized carbons (Fsp3) is 0.281. The minimum absolute atomic E-state index is 0.0257. The number of esters is 1. The van der Waals surface area contributed by atoms with E-state index in [0.717, 1.165) is 49.2 Å². The summed E-state index contributed by atoms with van der Waals surface area (Å²) in [5, 5.41) is 1.11. The van der Waals surface area contributed by atoms with Gasteiger partial charge in [0.25, 0.3) is 0 Å². The third-order valence-corrected chi connectivity index (χ3v) is 8.16. The predicted octanol–water partition coefficient (Wildman–Crippen LogP) is 7.28. The molecule has 6 rings (SSSR count). The van der Waals surface area contributed by atoms with E-state index in [2.05, 4.69) is 64.7 Å². The molecule has 6 nitrogen and oxygen atoms in total. The maximum Gasteiger partial charge on any atom is 0.310 e. The lowest BCUT2D eigenvalue weighted by atomic mass is 10.1. The van der Waals surface area contributed by atoms with Crippen LogP contribution in [0, 0.1) is 11.3 Å². The average Bonchev–Trinajstić information content (AvgIpc) is 3.34. The number of nitrogens with zero attached hydrogens (tertiary/aromatic N) is 3.